The molecule has 1 rings (SSSR count). The van der Waals surface area contributed by atoms with Crippen molar-refractivity contribution in [2.75, 3.05) is 5.75 Å². The van der Waals surface area contributed by atoms with Crippen molar-refractivity contribution in [1.82, 2.24) is 0 Å². The maximum Gasteiger partial charge on any atom is 0.192 e. The Morgan fingerprint density at radius 2 is 1.55 bits per heavy atom. The van der Waals surface area contributed by atoms with Gasteiger partial charge in [-0.1, -0.05) is 102 Å². The third kappa shape index (κ3) is 12.0. The van der Waals surface area contributed by atoms with Gasteiger partial charge in [-0.05, 0) is 50.0 Å². The molecule has 0 fully saturated rings. The molecule has 0 heterocycles. The minimum atomic E-state index is -2.12. The quantitative estimate of drug-likeness (QED) is 0.144. The highest BCUT2D eigenvalue weighted by atomic mass is 32.2. The highest BCUT2D eigenvalue weighted by molar-refractivity contribution is 7.85. The summed E-state index contributed by atoms with van der Waals surface area (Å²) in [7, 11) is -3.33. The molecule has 3 atom stereocenters. The molecule has 0 spiro atoms. The van der Waals surface area contributed by atoms with E-state index in [9.17, 15) is 9.32 Å². The van der Waals surface area contributed by atoms with Crippen LogP contribution in [-0.2, 0) is 15.2 Å². The Morgan fingerprint density at radius 3 is 2.09 bits per heavy atom. The molecule has 0 saturated carbocycles. The number of hydrogen-bond donors (Lipinski definition) is 1. The lowest BCUT2D eigenvalue weighted by molar-refractivity contribution is 0.0716. The van der Waals surface area contributed by atoms with Gasteiger partial charge in [0, 0.05) is 4.90 Å². The summed E-state index contributed by atoms with van der Waals surface area (Å²) in [5.41, 5.74) is 1.15. The third-order valence-electron chi connectivity index (χ3n) is 6.79. The lowest BCUT2D eigenvalue weighted by atomic mass is 10.1. The second kappa shape index (κ2) is 15.3. The van der Waals surface area contributed by atoms with Crippen LogP contribution in [-0.4, -0.2) is 35.6 Å². The molecule has 1 N–H and O–H groups in total. The lowest BCUT2D eigenvalue weighted by Gasteiger charge is -2.40. The SMILES string of the molecule is CCCCCCCCCC/C=C/[C@@H](O)[C@@H](C[S@@](=O)c1ccc(C)cc1)O[Si](C)(C)C(C)(C)C. The first kappa shape index (κ1) is 30.3. The summed E-state index contributed by atoms with van der Waals surface area (Å²) in [6.07, 6.45) is 14.1. The van der Waals surface area contributed by atoms with Crippen molar-refractivity contribution in [3.8, 4) is 0 Å². The van der Waals surface area contributed by atoms with Crippen LogP contribution in [0, 0.1) is 6.92 Å². The van der Waals surface area contributed by atoms with Crippen molar-refractivity contribution in [1.29, 1.82) is 0 Å². The third-order valence-corrected chi connectivity index (χ3v) is 12.7. The van der Waals surface area contributed by atoms with E-state index >= 15 is 0 Å². The zero-order valence-electron chi connectivity index (χ0n) is 22.4. The minimum Gasteiger partial charge on any atom is -0.410 e. The summed E-state index contributed by atoms with van der Waals surface area (Å²) < 4.78 is 19.6. The van der Waals surface area contributed by atoms with Gasteiger partial charge in [0.1, 0.15) is 0 Å². The number of aryl methyl sites for hydroxylation is 1. The van der Waals surface area contributed by atoms with Gasteiger partial charge in [-0.15, -0.1) is 0 Å². The van der Waals surface area contributed by atoms with Gasteiger partial charge < -0.3 is 9.53 Å². The number of rotatable bonds is 16. The number of benzene rings is 1. The molecule has 0 aromatic heterocycles. The highest BCUT2D eigenvalue weighted by Crippen LogP contribution is 2.38. The molecule has 0 radical (unpaired) electrons. The first-order valence-corrected chi connectivity index (χ1v) is 17.2. The van der Waals surface area contributed by atoms with Gasteiger partial charge in [-0.25, -0.2) is 0 Å². The van der Waals surface area contributed by atoms with Crippen molar-refractivity contribution in [3.63, 3.8) is 0 Å². The van der Waals surface area contributed by atoms with Crippen LogP contribution in [0.1, 0.15) is 91.0 Å². The van der Waals surface area contributed by atoms with Crippen LogP contribution in [0.2, 0.25) is 18.1 Å². The van der Waals surface area contributed by atoms with Crippen LogP contribution in [0.4, 0.5) is 0 Å². The number of aliphatic hydroxyl groups is 1. The Balaban J connectivity index is 2.67. The molecule has 33 heavy (non-hydrogen) atoms. The van der Waals surface area contributed by atoms with Crippen molar-refractivity contribution in [3.05, 3.63) is 42.0 Å². The second-order valence-corrected chi connectivity index (χ2v) is 17.2. The Bertz CT molecular complexity index is 707. The van der Waals surface area contributed by atoms with E-state index in [1.54, 1.807) is 0 Å². The van der Waals surface area contributed by atoms with E-state index < -0.39 is 31.3 Å². The van der Waals surface area contributed by atoms with Gasteiger partial charge in [0.15, 0.2) is 8.32 Å². The molecular formula is C28H50O3SSi. The van der Waals surface area contributed by atoms with Crippen LogP contribution >= 0.6 is 0 Å². The fourth-order valence-electron chi connectivity index (χ4n) is 3.45. The van der Waals surface area contributed by atoms with Crippen LogP contribution < -0.4 is 0 Å². The monoisotopic (exact) mass is 494 g/mol. The maximum absolute atomic E-state index is 13.1. The summed E-state index contributed by atoms with van der Waals surface area (Å²) >= 11 is 0. The maximum atomic E-state index is 13.1. The summed E-state index contributed by atoms with van der Waals surface area (Å²) in [4.78, 5) is 0.791. The molecule has 1 aromatic rings. The van der Waals surface area contributed by atoms with Gasteiger partial charge >= 0.3 is 0 Å². The zero-order valence-corrected chi connectivity index (χ0v) is 24.2. The topological polar surface area (TPSA) is 46.5 Å². The second-order valence-electron chi connectivity index (χ2n) is 10.9. The van der Waals surface area contributed by atoms with Gasteiger partial charge in [-0.3, -0.25) is 4.21 Å². The number of hydrogen-bond acceptors (Lipinski definition) is 3. The van der Waals surface area contributed by atoms with Gasteiger partial charge in [0.05, 0.1) is 28.8 Å². The minimum absolute atomic E-state index is 0.0250. The molecule has 3 nitrogen and oxygen atoms in total. The van der Waals surface area contributed by atoms with E-state index in [2.05, 4.69) is 46.9 Å². The van der Waals surface area contributed by atoms with Gasteiger partial charge in [0.2, 0.25) is 0 Å². The first-order chi connectivity index (χ1) is 15.5. The summed E-state index contributed by atoms with van der Waals surface area (Å²) in [5.74, 6) is 0.304. The van der Waals surface area contributed by atoms with E-state index in [0.717, 1.165) is 23.3 Å². The molecule has 0 saturated heterocycles. The van der Waals surface area contributed by atoms with Crippen molar-refractivity contribution in [2.45, 2.75) is 128 Å². The largest absolute Gasteiger partial charge is 0.410 e. The van der Waals surface area contributed by atoms with Crippen LogP contribution in [0.25, 0.3) is 0 Å². The zero-order chi connectivity index (χ0) is 24.9. The molecule has 0 aliphatic heterocycles. The van der Waals surface area contributed by atoms with Gasteiger partial charge in [-0.2, -0.15) is 0 Å². The molecule has 1 aromatic carbocycles. The van der Waals surface area contributed by atoms with Crippen molar-refractivity contribution < 1.29 is 13.7 Å². The summed E-state index contributed by atoms with van der Waals surface area (Å²) in [5, 5.41) is 11.0. The predicted molar refractivity (Wildman–Crippen MR) is 147 cm³/mol. The van der Waals surface area contributed by atoms with E-state index in [0.29, 0.717) is 5.75 Å². The first-order valence-electron chi connectivity index (χ1n) is 13.0. The van der Waals surface area contributed by atoms with Crippen molar-refractivity contribution >= 4 is 19.1 Å². The fraction of sp³-hybridized carbons (Fsp3) is 0.714. The summed E-state index contributed by atoms with van der Waals surface area (Å²) in [6, 6.07) is 7.80. The van der Waals surface area contributed by atoms with Crippen LogP contribution in [0.15, 0.2) is 41.3 Å². The number of unbranched alkanes of at least 4 members (excludes halogenated alkanes) is 8. The average molecular weight is 495 g/mol. The number of aliphatic hydroxyl groups excluding tert-OH is 1. The molecular weight excluding hydrogens is 444 g/mol. The predicted octanol–water partition coefficient (Wildman–Crippen LogP) is 7.94. The molecule has 0 bridgehead atoms. The lowest BCUT2D eigenvalue weighted by Crippen LogP contribution is -2.48. The Morgan fingerprint density at radius 1 is 1.00 bits per heavy atom. The van der Waals surface area contributed by atoms with Crippen LogP contribution in [0.3, 0.4) is 0 Å². The van der Waals surface area contributed by atoms with Gasteiger partial charge in [0.25, 0.3) is 0 Å². The fourth-order valence-corrected chi connectivity index (χ4v) is 6.10. The normalized spacial score (nSPS) is 15.6. The number of allylic oxidation sites excluding steroid dienone is 1. The standard InChI is InChI=1S/C28H50O3SSi/c1-8-9-10-11-12-13-14-15-16-17-18-26(29)27(31-33(6,7)28(3,4)5)23-32(30)25-21-19-24(2)20-22-25/h17-22,26-27,29H,8-16,23H2,1-7H3/b18-17+/t26-,27-,32-/m1/s1. The molecule has 0 aliphatic carbocycles. The van der Waals surface area contributed by atoms with E-state index in [1.165, 1.54) is 44.9 Å². The summed E-state index contributed by atoms with van der Waals surface area (Å²) in [6.45, 7) is 15.2. The Hall–Kier alpha value is -0.753. The Labute approximate surface area is 208 Å². The van der Waals surface area contributed by atoms with Crippen LogP contribution in [0.5, 0.6) is 0 Å². The average Bonchev–Trinajstić information content (AvgIpc) is 2.74. The van der Waals surface area contributed by atoms with E-state index in [-0.39, 0.29) is 5.04 Å². The van der Waals surface area contributed by atoms with Crippen molar-refractivity contribution in [2.24, 2.45) is 0 Å². The Kier molecular flexibility index (Phi) is 14.0. The molecule has 0 aliphatic rings. The molecule has 190 valence electrons. The van der Waals surface area contributed by atoms with E-state index in [4.69, 9.17) is 4.43 Å². The molecule has 0 amide bonds. The highest BCUT2D eigenvalue weighted by Gasteiger charge is 2.40. The van der Waals surface area contributed by atoms with E-state index in [1.807, 2.05) is 37.3 Å². The molecule has 5 heteroatoms. The molecule has 0 unspecified atom stereocenters. The smallest absolute Gasteiger partial charge is 0.192 e.